The van der Waals surface area contributed by atoms with E-state index < -0.39 is 44.7 Å². The molecule has 1 atom stereocenters. The van der Waals surface area contributed by atoms with Gasteiger partial charge < -0.3 is 4.42 Å². The molecule has 0 aliphatic heterocycles. The van der Waals surface area contributed by atoms with Crippen molar-refractivity contribution in [3.05, 3.63) is 35.0 Å². The van der Waals surface area contributed by atoms with Crippen molar-refractivity contribution in [2.75, 3.05) is 11.1 Å². The largest absolute Gasteiger partial charge is 0.417 e. The van der Waals surface area contributed by atoms with E-state index >= 15 is 0 Å². The van der Waals surface area contributed by atoms with Gasteiger partial charge in [-0.15, -0.1) is 5.10 Å². The number of aryl methyl sites for hydroxylation is 1. The third-order valence-corrected chi connectivity index (χ3v) is 4.64. The van der Waals surface area contributed by atoms with Crippen molar-refractivity contribution in [2.24, 2.45) is 0 Å². The van der Waals surface area contributed by atoms with Gasteiger partial charge in [0, 0.05) is 12.7 Å². The van der Waals surface area contributed by atoms with Crippen LogP contribution in [0, 0.1) is 12.7 Å². The molecule has 0 radical (unpaired) electrons. The molecule has 0 aliphatic rings. The molecule has 0 saturated heterocycles. The molecule has 1 aromatic heterocycles. The molecule has 11 heteroatoms. The standard InChI is InChI=1S/C14H13F4N3O3S/c1-3-6-25(23)11-9(14(16,17)18)5-4-8(10(11)15)12(22)19-13-21-20-7(2)24-13/h4-5H,3,6H2,1-2H3,(H,19,21,22)/t25-/m0/s1. The quantitative estimate of drug-likeness (QED) is 0.806. The van der Waals surface area contributed by atoms with Gasteiger partial charge in [-0.1, -0.05) is 12.0 Å². The molecule has 25 heavy (non-hydrogen) atoms. The lowest BCUT2D eigenvalue weighted by atomic mass is 10.1. The maximum absolute atomic E-state index is 14.6. The summed E-state index contributed by atoms with van der Waals surface area (Å²) in [6.07, 6.45) is -4.63. The smallest absolute Gasteiger partial charge is 0.408 e. The molecule has 0 unspecified atom stereocenters. The summed E-state index contributed by atoms with van der Waals surface area (Å²) < 4.78 is 70.8. The van der Waals surface area contributed by atoms with Crippen LogP contribution in [0.3, 0.4) is 0 Å². The molecular weight excluding hydrogens is 366 g/mol. The molecule has 0 spiro atoms. The Balaban J connectivity index is 2.47. The number of alkyl halides is 3. The highest BCUT2D eigenvalue weighted by Gasteiger charge is 2.38. The Hall–Kier alpha value is -2.30. The zero-order valence-corrected chi connectivity index (χ0v) is 13.9. The number of nitrogens with zero attached hydrogens (tertiary/aromatic N) is 2. The molecule has 1 amide bonds. The highest BCUT2D eigenvalue weighted by atomic mass is 32.2. The predicted molar refractivity (Wildman–Crippen MR) is 80.0 cm³/mol. The molecular formula is C14H13F4N3O3S. The molecule has 0 aliphatic carbocycles. The van der Waals surface area contributed by atoms with E-state index in [9.17, 15) is 26.6 Å². The van der Waals surface area contributed by atoms with Gasteiger partial charge in [0.2, 0.25) is 5.89 Å². The maximum atomic E-state index is 14.6. The Kier molecular flexibility index (Phi) is 5.55. The first-order valence-electron chi connectivity index (χ1n) is 7.04. The number of anilines is 1. The fraction of sp³-hybridized carbons (Fsp3) is 0.357. The average molecular weight is 379 g/mol. The molecule has 136 valence electrons. The highest BCUT2D eigenvalue weighted by Crippen LogP contribution is 2.36. The van der Waals surface area contributed by atoms with Gasteiger partial charge in [0.05, 0.1) is 26.8 Å². The van der Waals surface area contributed by atoms with Gasteiger partial charge in [0.1, 0.15) is 0 Å². The van der Waals surface area contributed by atoms with Crippen LogP contribution in [0.2, 0.25) is 0 Å². The monoisotopic (exact) mass is 379 g/mol. The van der Waals surface area contributed by atoms with Gasteiger partial charge in [-0.05, 0) is 18.6 Å². The average Bonchev–Trinajstić information content (AvgIpc) is 2.90. The lowest BCUT2D eigenvalue weighted by Gasteiger charge is -2.15. The second-order valence-corrected chi connectivity index (χ2v) is 6.44. The molecule has 0 bridgehead atoms. The highest BCUT2D eigenvalue weighted by molar-refractivity contribution is 7.85. The SMILES string of the molecule is CCC[S@](=O)c1c(C(F)(F)F)ccc(C(=O)Nc2nnc(C)o2)c1F. The molecule has 2 aromatic rings. The van der Waals surface area contributed by atoms with Crippen LogP contribution in [-0.4, -0.2) is 26.1 Å². The first-order chi connectivity index (χ1) is 11.6. The molecule has 1 aromatic carbocycles. The normalized spacial score (nSPS) is 12.9. The van der Waals surface area contributed by atoms with Crippen LogP contribution < -0.4 is 5.32 Å². The number of carbonyl (C=O) groups excluding carboxylic acids is 1. The van der Waals surface area contributed by atoms with Crippen LogP contribution in [0.25, 0.3) is 0 Å². The van der Waals surface area contributed by atoms with E-state index in [0.717, 1.165) is 0 Å². The Morgan fingerprint density at radius 1 is 1.32 bits per heavy atom. The molecule has 1 heterocycles. The van der Waals surface area contributed by atoms with E-state index in [2.05, 4.69) is 15.5 Å². The van der Waals surface area contributed by atoms with Gasteiger partial charge >= 0.3 is 12.2 Å². The lowest BCUT2D eigenvalue weighted by molar-refractivity contribution is -0.140. The van der Waals surface area contributed by atoms with Crippen LogP contribution in [-0.2, 0) is 17.0 Å². The fourth-order valence-electron chi connectivity index (χ4n) is 1.98. The zero-order valence-electron chi connectivity index (χ0n) is 13.1. The lowest BCUT2D eigenvalue weighted by Crippen LogP contribution is -2.19. The maximum Gasteiger partial charge on any atom is 0.417 e. The van der Waals surface area contributed by atoms with E-state index in [1.54, 1.807) is 6.92 Å². The number of aromatic nitrogens is 2. The van der Waals surface area contributed by atoms with E-state index in [1.807, 2.05) is 0 Å². The number of carbonyl (C=O) groups is 1. The number of nitrogens with one attached hydrogen (secondary N) is 1. The van der Waals surface area contributed by atoms with Crippen molar-refractivity contribution in [1.82, 2.24) is 10.2 Å². The number of hydrogen-bond donors (Lipinski definition) is 1. The van der Waals surface area contributed by atoms with Gasteiger partial charge in [0.25, 0.3) is 5.91 Å². The van der Waals surface area contributed by atoms with Crippen molar-refractivity contribution in [3.8, 4) is 0 Å². The van der Waals surface area contributed by atoms with E-state index in [-0.39, 0.29) is 24.1 Å². The summed E-state index contributed by atoms with van der Waals surface area (Å²) in [5.41, 5.74) is -2.08. The Morgan fingerprint density at radius 3 is 2.52 bits per heavy atom. The minimum absolute atomic E-state index is 0.132. The third kappa shape index (κ3) is 4.21. The third-order valence-electron chi connectivity index (χ3n) is 3.01. The Morgan fingerprint density at radius 2 is 2.00 bits per heavy atom. The number of amides is 1. The second kappa shape index (κ2) is 7.30. The van der Waals surface area contributed by atoms with Crippen LogP contribution in [0.15, 0.2) is 21.4 Å². The van der Waals surface area contributed by atoms with Crippen LogP contribution in [0.4, 0.5) is 23.6 Å². The summed E-state index contributed by atoms with van der Waals surface area (Å²) >= 11 is 0. The van der Waals surface area contributed by atoms with Crippen LogP contribution in [0.1, 0.15) is 35.2 Å². The van der Waals surface area contributed by atoms with Crippen molar-refractivity contribution in [1.29, 1.82) is 0 Å². The fourth-order valence-corrected chi connectivity index (χ4v) is 3.29. The van der Waals surface area contributed by atoms with Gasteiger partial charge in [0.15, 0.2) is 5.82 Å². The summed E-state index contributed by atoms with van der Waals surface area (Å²) in [5.74, 6) is -2.62. The predicted octanol–water partition coefficient (Wildman–Crippen LogP) is 3.31. The molecule has 6 nitrogen and oxygen atoms in total. The van der Waals surface area contributed by atoms with Crippen molar-refractivity contribution >= 4 is 22.7 Å². The minimum Gasteiger partial charge on any atom is -0.408 e. The topological polar surface area (TPSA) is 85.1 Å². The van der Waals surface area contributed by atoms with Crippen molar-refractivity contribution in [3.63, 3.8) is 0 Å². The first kappa shape index (κ1) is 19.0. The minimum atomic E-state index is -4.90. The molecule has 0 fully saturated rings. The molecule has 2 rings (SSSR count). The van der Waals surface area contributed by atoms with Crippen LogP contribution >= 0.6 is 0 Å². The van der Waals surface area contributed by atoms with Gasteiger partial charge in [-0.3, -0.25) is 14.3 Å². The Bertz CT molecular complexity index is 820. The summed E-state index contributed by atoms with van der Waals surface area (Å²) in [7, 11) is -2.25. The van der Waals surface area contributed by atoms with E-state index in [0.29, 0.717) is 12.1 Å². The number of rotatable bonds is 5. The number of benzene rings is 1. The second-order valence-electron chi connectivity index (χ2n) is 4.93. The number of halogens is 4. The zero-order chi connectivity index (χ0) is 18.8. The van der Waals surface area contributed by atoms with Crippen molar-refractivity contribution in [2.45, 2.75) is 31.3 Å². The Labute approximate surface area is 142 Å². The van der Waals surface area contributed by atoms with E-state index in [1.165, 1.54) is 6.92 Å². The number of hydrogen-bond acceptors (Lipinski definition) is 5. The van der Waals surface area contributed by atoms with E-state index in [4.69, 9.17) is 4.42 Å². The molecule has 1 N–H and O–H groups in total. The van der Waals surface area contributed by atoms with Crippen molar-refractivity contribution < 1.29 is 31.0 Å². The first-order valence-corrected chi connectivity index (χ1v) is 8.36. The summed E-state index contributed by atoms with van der Waals surface area (Å²) in [4.78, 5) is 11.0. The van der Waals surface area contributed by atoms with Crippen LogP contribution in [0.5, 0.6) is 0 Å². The summed E-state index contributed by atoms with van der Waals surface area (Å²) in [6.45, 7) is 3.05. The molecule has 0 saturated carbocycles. The van der Waals surface area contributed by atoms with Gasteiger partial charge in [-0.2, -0.15) is 13.2 Å². The summed E-state index contributed by atoms with van der Waals surface area (Å²) in [5, 5.41) is 9.00. The summed E-state index contributed by atoms with van der Waals surface area (Å²) in [6, 6.07) is 0.863. The van der Waals surface area contributed by atoms with Gasteiger partial charge in [-0.25, -0.2) is 4.39 Å².